The van der Waals surface area contributed by atoms with E-state index in [0.29, 0.717) is 12.6 Å². The summed E-state index contributed by atoms with van der Waals surface area (Å²) in [4.78, 5) is 2.31. The molecule has 0 aliphatic heterocycles. The van der Waals surface area contributed by atoms with E-state index in [4.69, 9.17) is 0 Å². The van der Waals surface area contributed by atoms with Crippen LogP contribution in [0.15, 0.2) is 24.3 Å². The molecule has 106 valence electrons. The molecule has 3 heteroatoms. The summed E-state index contributed by atoms with van der Waals surface area (Å²) in [5.74, 6) is 0. The molecular formula is C16H25NO2. The summed E-state index contributed by atoms with van der Waals surface area (Å²) in [5.41, 5.74) is 2.13. The Kier molecular flexibility index (Phi) is 5.23. The van der Waals surface area contributed by atoms with Crippen molar-refractivity contribution in [2.45, 2.75) is 51.2 Å². The van der Waals surface area contributed by atoms with Crippen LogP contribution in [0.3, 0.4) is 0 Å². The zero-order chi connectivity index (χ0) is 13.7. The van der Waals surface area contributed by atoms with Crippen molar-refractivity contribution in [2.75, 3.05) is 18.1 Å². The van der Waals surface area contributed by atoms with Crippen molar-refractivity contribution < 1.29 is 10.2 Å². The predicted octanol–water partition coefficient (Wildman–Crippen LogP) is 2.87. The third-order valence-corrected chi connectivity index (χ3v) is 4.10. The maximum Gasteiger partial charge on any atom is 0.0787 e. The zero-order valence-electron chi connectivity index (χ0n) is 11.8. The Labute approximate surface area is 115 Å². The Hall–Kier alpha value is -1.06. The van der Waals surface area contributed by atoms with E-state index in [0.717, 1.165) is 17.7 Å². The van der Waals surface area contributed by atoms with Gasteiger partial charge in [0.05, 0.1) is 12.7 Å². The van der Waals surface area contributed by atoms with Gasteiger partial charge in [0, 0.05) is 18.3 Å². The molecule has 1 aromatic carbocycles. The molecule has 1 saturated carbocycles. The van der Waals surface area contributed by atoms with Crippen LogP contribution in [0.5, 0.6) is 0 Å². The topological polar surface area (TPSA) is 43.7 Å². The van der Waals surface area contributed by atoms with Gasteiger partial charge in [0.15, 0.2) is 0 Å². The van der Waals surface area contributed by atoms with Crippen LogP contribution in [-0.2, 0) is 0 Å². The van der Waals surface area contributed by atoms with E-state index < -0.39 is 0 Å². The van der Waals surface area contributed by atoms with E-state index in [1.165, 1.54) is 25.7 Å². The molecular weight excluding hydrogens is 238 g/mol. The molecule has 19 heavy (non-hydrogen) atoms. The normalized spacial score (nSPS) is 17.6. The fraction of sp³-hybridized carbons (Fsp3) is 0.625. The van der Waals surface area contributed by atoms with E-state index in [1.807, 2.05) is 19.1 Å². The second kappa shape index (κ2) is 6.92. The average Bonchev–Trinajstić information content (AvgIpc) is 2.98. The minimum atomic E-state index is -0.369. The molecule has 0 bridgehead atoms. The highest BCUT2D eigenvalue weighted by Crippen LogP contribution is 2.29. The van der Waals surface area contributed by atoms with Gasteiger partial charge in [-0.15, -0.1) is 0 Å². The van der Waals surface area contributed by atoms with Gasteiger partial charge in [0.25, 0.3) is 0 Å². The average molecular weight is 263 g/mol. The Bertz CT molecular complexity index is 371. The lowest BCUT2D eigenvalue weighted by molar-refractivity contribution is 0.173. The summed E-state index contributed by atoms with van der Waals surface area (Å²) in [6.45, 7) is 2.87. The number of nitrogens with zero attached hydrogens (tertiary/aromatic N) is 1. The maximum atomic E-state index is 9.82. The summed E-state index contributed by atoms with van der Waals surface area (Å²) < 4.78 is 0. The minimum absolute atomic E-state index is 0.190. The number of rotatable bonds is 6. The predicted molar refractivity (Wildman–Crippen MR) is 78.4 cm³/mol. The van der Waals surface area contributed by atoms with Gasteiger partial charge in [-0.3, -0.25) is 0 Å². The molecule has 0 heterocycles. The van der Waals surface area contributed by atoms with Gasteiger partial charge in [-0.1, -0.05) is 31.9 Å². The third-order valence-electron chi connectivity index (χ3n) is 4.10. The van der Waals surface area contributed by atoms with Crippen molar-refractivity contribution in [2.24, 2.45) is 0 Å². The lowest BCUT2D eigenvalue weighted by atomic mass is 10.1. The number of hydrogen-bond acceptors (Lipinski definition) is 3. The SMILES string of the molecule is CCC(O)c1ccc(N(CCO)C2CCCC2)cc1. The molecule has 2 N–H and O–H groups in total. The van der Waals surface area contributed by atoms with Crippen molar-refractivity contribution in [1.29, 1.82) is 0 Å². The quantitative estimate of drug-likeness (QED) is 0.829. The van der Waals surface area contributed by atoms with E-state index >= 15 is 0 Å². The van der Waals surface area contributed by atoms with Crippen LogP contribution in [0.4, 0.5) is 5.69 Å². The molecule has 3 nitrogen and oxygen atoms in total. The van der Waals surface area contributed by atoms with Gasteiger partial charge in [0.1, 0.15) is 0 Å². The Morgan fingerprint density at radius 1 is 1.21 bits per heavy atom. The largest absolute Gasteiger partial charge is 0.395 e. The van der Waals surface area contributed by atoms with Gasteiger partial charge in [0.2, 0.25) is 0 Å². The molecule has 1 aliphatic rings. The van der Waals surface area contributed by atoms with E-state index in [2.05, 4.69) is 17.0 Å². The maximum absolute atomic E-state index is 9.82. The highest BCUT2D eigenvalue weighted by molar-refractivity contribution is 5.49. The third kappa shape index (κ3) is 3.48. The van der Waals surface area contributed by atoms with Crippen LogP contribution in [0.2, 0.25) is 0 Å². The van der Waals surface area contributed by atoms with Crippen LogP contribution in [0.25, 0.3) is 0 Å². The van der Waals surface area contributed by atoms with Gasteiger partial charge < -0.3 is 15.1 Å². The number of aliphatic hydroxyl groups is 2. The standard InChI is InChI=1S/C16H25NO2/c1-2-16(19)13-7-9-15(10-8-13)17(11-12-18)14-5-3-4-6-14/h7-10,14,16,18-19H,2-6,11-12H2,1H3. The van der Waals surface area contributed by atoms with Gasteiger partial charge in [-0.2, -0.15) is 0 Å². The lowest BCUT2D eigenvalue weighted by Gasteiger charge is -2.30. The van der Waals surface area contributed by atoms with Crippen LogP contribution in [0.1, 0.15) is 50.7 Å². The summed E-state index contributed by atoms with van der Waals surface area (Å²) in [5, 5.41) is 19.1. The van der Waals surface area contributed by atoms with Crippen molar-refractivity contribution >= 4 is 5.69 Å². The molecule has 1 atom stereocenters. The van der Waals surface area contributed by atoms with Crippen molar-refractivity contribution in [3.63, 3.8) is 0 Å². The molecule has 1 unspecified atom stereocenters. The van der Waals surface area contributed by atoms with Crippen LogP contribution >= 0.6 is 0 Å². The number of anilines is 1. The summed E-state index contributed by atoms with van der Waals surface area (Å²) in [7, 11) is 0. The first-order chi connectivity index (χ1) is 9.26. The fourth-order valence-electron chi connectivity index (χ4n) is 2.97. The monoisotopic (exact) mass is 263 g/mol. The zero-order valence-corrected chi connectivity index (χ0v) is 11.8. The van der Waals surface area contributed by atoms with Gasteiger partial charge >= 0.3 is 0 Å². The van der Waals surface area contributed by atoms with Gasteiger partial charge in [-0.25, -0.2) is 0 Å². The second-order valence-electron chi connectivity index (χ2n) is 5.37. The summed E-state index contributed by atoms with van der Waals surface area (Å²) in [6.07, 6.45) is 5.39. The molecule has 0 spiro atoms. The highest BCUT2D eigenvalue weighted by atomic mass is 16.3. The summed E-state index contributed by atoms with van der Waals surface area (Å²) in [6, 6.07) is 8.71. The molecule has 1 aliphatic carbocycles. The second-order valence-corrected chi connectivity index (χ2v) is 5.37. The molecule has 0 aromatic heterocycles. The van der Waals surface area contributed by atoms with Crippen molar-refractivity contribution in [1.82, 2.24) is 0 Å². The Morgan fingerprint density at radius 2 is 1.84 bits per heavy atom. The molecule has 0 saturated heterocycles. The Balaban J connectivity index is 2.12. The minimum Gasteiger partial charge on any atom is -0.395 e. The molecule has 2 rings (SSSR count). The lowest BCUT2D eigenvalue weighted by Crippen LogP contribution is -2.35. The van der Waals surface area contributed by atoms with Crippen LogP contribution in [-0.4, -0.2) is 29.4 Å². The molecule has 1 aromatic rings. The molecule has 1 fully saturated rings. The number of aliphatic hydroxyl groups excluding tert-OH is 2. The van der Waals surface area contributed by atoms with Crippen molar-refractivity contribution in [3.05, 3.63) is 29.8 Å². The smallest absolute Gasteiger partial charge is 0.0787 e. The van der Waals surface area contributed by atoms with E-state index in [1.54, 1.807) is 0 Å². The first-order valence-corrected chi connectivity index (χ1v) is 7.41. The highest BCUT2D eigenvalue weighted by Gasteiger charge is 2.22. The summed E-state index contributed by atoms with van der Waals surface area (Å²) >= 11 is 0. The molecule has 0 amide bonds. The number of hydrogen-bond donors (Lipinski definition) is 2. The first kappa shape index (κ1) is 14.4. The van der Waals surface area contributed by atoms with E-state index in [-0.39, 0.29) is 12.7 Å². The van der Waals surface area contributed by atoms with Crippen LogP contribution < -0.4 is 4.90 Å². The fourth-order valence-corrected chi connectivity index (χ4v) is 2.97. The van der Waals surface area contributed by atoms with E-state index in [9.17, 15) is 10.2 Å². The molecule has 0 radical (unpaired) electrons. The number of benzene rings is 1. The van der Waals surface area contributed by atoms with Gasteiger partial charge in [-0.05, 0) is 37.0 Å². The first-order valence-electron chi connectivity index (χ1n) is 7.41. The van der Waals surface area contributed by atoms with Crippen LogP contribution in [0, 0.1) is 0 Å². The Morgan fingerprint density at radius 3 is 2.37 bits per heavy atom. The van der Waals surface area contributed by atoms with Crippen molar-refractivity contribution in [3.8, 4) is 0 Å².